The summed E-state index contributed by atoms with van der Waals surface area (Å²) in [5.41, 5.74) is -0.380. The van der Waals surface area contributed by atoms with Gasteiger partial charge in [0.2, 0.25) is 5.28 Å². The van der Waals surface area contributed by atoms with E-state index in [1.54, 1.807) is 45.0 Å². The van der Waals surface area contributed by atoms with Crippen LogP contribution in [-0.4, -0.2) is 64.7 Å². The summed E-state index contributed by atoms with van der Waals surface area (Å²) in [5.74, 6) is -1.11. The van der Waals surface area contributed by atoms with E-state index < -0.39 is 58.4 Å². The van der Waals surface area contributed by atoms with Crippen LogP contribution in [0.15, 0.2) is 64.8 Å². The van der Waals surface area contributed by atoms with Crippen LogP contribution in [0, 0.1) is 12.1 Å². The number of carbonyl (C=O) groups excluding carboxylic acids is 2. The number of alkyl halides is 3. The van der Waals surface area contributed by atoms with Gasteiger partial charge in [-0.25, -0.2) is 22.6 Å². The van der Waals surface area contributed by atoms with Gasteiger partial charge in [0.25, 0.3) is 22.2 Å². The SMILES string of the molecule is Cc1ccc(-c2cc(C(F)(F)F)nn2-c2ccc(S(=O)(=O)NC(=O)CN(C(C)C)[N+]([O-])=NOC(C)OC(=O)OC(C)(C)C)cc2)cc1. The van der Waals surface area contributed by atoms with Gasteiger partial charge in [-0.2, -0.15) is 18.3 Å². The molecule has 1 heterocycles. The molecule has 1 aromatic heterocycles. The molecule has 0 spiro atoms. The molecule has 0 bridgehead atoms. The Morgan fingerprint density at radius 2 is 1.66 bits per heavy atom. The van der Waals surface area contributed by atoms with Gasteiger partial charge in [0.05, 0.1) is 27.3 Å². The number of ether oxygens (including phenoxy) is 2. The number of amides is 1. The lowest BCUT2D eigenvalue weighted by Gasteiger charge is -2.22. The number of rotatable bonds is 11. The van der Waals surface area contributed by atoms with Crippen molar-refractivity contribution in [3.05, 3.63) is 71.1 Å². The Bertz CT molecular complexity index is 1700. The van der Waals surface area contributed by atoms with Gasteiger partial charge in [-0.15, -0.1) is 5.01 Å². The Morgan fingerprint density at radius 1 is 1.06 bits per heavy atom. The van der Waals surface area contributed by atoms with Crippen LogP contribution in [0.3, 0.4) is 0 Å². The first-order valence-electron chi connectivity index (χ1n) is 14.1. The van der Waals surface area contributed by atoms with Crippen molar-refractivity contribution in [2.24, 2.45) is 5.28 Å². The smallest absolute Gasteiger partial charge is 0.511 e. The van der Waals surface area contributed by atoms with Crippen LogP contribution in [0.1, 0.15) is 52.8 Å². The summed E-state index contributed by atoms with van der Waals surface area (Å²) in [4.78, 5) is 28.8. The van der Waals surface area contributed by atoms with Gasteiger partial charge in [-0.05, 0) is 71.9 Å². The molecular weight excluding hydrogens is 649 g/mol. The lowest BCUT2D eigenvalue weighted by molar-refractivity contribution is -0.717. The predicted octanol–water partition coefficient (Wildman–Crippen LogP) is 5.49. The number of aromatic nitrogens is 2. The summed E-state index contributed by atoms with van der Waals surface area (Å²) in [5, 5.41) is 20.3. The van der Waals surface area contributed by atoms with E-state index in [1.807, 2.05) is 11.6 Å². The van der Waals surface area contributed by atoms with Crippen LogP contribution in [0.25, 0.3) is 16.9 Å². The molecule has 1 N–H and O–H groups in total. The van der Waals surface area contributed by atoms with Crippen LogP contribution in [-0.2, 0) is 35.3 Å². The summed E-state index contributed by atoms with van der Waals surface area (Å²) in [6, 6.07) is 11.6. The van der Waals surface area contributed by atoms with Gasteiger partial charge in [0.1, 0.15) is 5.60 Å². The number of hydrogen-bond donors (Lipinski definition) is 1. The minimum atomic E-state index is -4.73. The Morgan fingerprint density at radius 3 is 2.19 bits per heavy atom. The molecule has 0 fully saturated rings. The predicted molar refractivity (Wildman–Crippen MR) is 160 cm³/mol. The fourth-order valence-corrected chi connectivity index (χ4v) is 4.80. The molecule has 1 atom stereocenters. The van der Waals surface area contributed by atoms with E-state index in [0.29, 0.717) is 5.56 Å². The summed E-state index contributed by atoms with van der Waals surface area (Å²) in [7, 11) is -4.48. The number of aryl methyl sites for hydroxylation is 1. The van der Waals surface area contributed by atoms with Gasteiger partial charge in [0.15, 0.2) is 12.2 Å². The van der Waals surface area contributed by atoms with Crippen molar-refractivity contribution >= 4 is 22.1 Å². The third kappa shape index (κ3) is 10.3. The number of nitrogens with one attached hydrogen (secondary N) is 1. The molecule has 0 aliphatic heterocycles. The molecule has 1 unspecified atom stereocenters. The summed E-state index contributed by atoms with van der Waals surface area (Å²) in [6.07, 6.45) is -7.14. The van der Waals surface area contributed by atoms with Crippen LogP contribution in [0.2, 0.25) is 0 Å². The maximum absolute atomic E-state index is 13.5. The zero-order valence-electron chi connectivity index (χ0n) is 26.6. The highest BCUT2D eigenvalue weighted by Crippen LogP contribution is 2.33. The molecule has 3 rings (SSSR count). The molecule has 14 nitrogen and oxygen atoms in total. The van der Waals surface area contributed by atoms with Crippen molar-refractivity contribution < 1.29 is 50.5 Å². The van der Waals surface area contributed by atoms with Gasteiger partial charge < -0.3 is 14.7 Å². The van der Waals surface area contributed by atoms with Crippen molar-refractivity contribution in [3.63, 3.8) is 0 Å². The van der Waals surface area contributed by atoms with E-state index in [4.69, 9.17) is 14.3 Å². The normalized spacial score (nSPS) is 13.2. The highest BCUT2D eigenvalue weighted by atomic mass is 32.2. The molecule has 0 aliphatic carbocycles. The highest BCUT2D eigenvalue weighted by Gasteiger charge is 2.35. The number of halogens is 3. The molecule has 0 aliphatic rings. The average molecular weight is 685 g/mol. The number of benzene rings is 2. The van der Waals surface area contributed by atoms with E-state index in [0.717, 1.165) is 33.5 Å². The quantitative estimate of drug-likeness (QED) is 0.0897. The van der Waals surface area contributed by atoms with E-state index in [9.17, 15) is 36.4 Å². The van der Waals surface area contributed by atoms with Crippen LogP contribution in [0.4, 0.5) is 18.0 Å². The lowest BCUT2D eigenvalue weighted by atomic mass is 10.1. The second-order valence-electron chi connectivity index (χ2n) is 11.5. The van der Waals surface area contributed by atoms with Gasteiger partial charge in [-0.1, -0.05) is 29.8 Å². The van der Waals surface area contributed by atoms with Gasteiger partial charge >= 0.3 is 12.3 Å². The molecule has 47 heavy (non-hydrogen) atoms. The largest absolute Gasteiger partial charge is 0.569 e. The second-order valence-corrected chi connectivity index (χ2v) is 13.2. The molecule has 18 heteroatoms. The third-order valence-electron chi connectivity index (χ3n) is 6.03. The molecule has 0 saturated heterocycles. The maximum Gasteiger partial charge on any atom is 0.511 e. The van der Waals surface area contributed by atoms with E-state index in [2.05, 4.69) is 10.4 Å². The van der Waals surface area contributed by atoms with Crippen LogP contribution >= 0.6 is 0 Å². The van der Waals surface area contributed by atoms with Crippen LogP contribution in [0.5, 0.6) is 0 Å². The fraction of sp³-hybridized carbons (Fsp3) is 0.414. The Labute approximate surface area is 269 Å². The third-order valence-corrected chi connectivity index (χ3v) is 7.41. The van der Waals surface area contributed by atoms with Crippen LogP contribution < -0.4 is 4.72 Å². The zero-order valence-corrected chi connectivity index (χ0v) is 27.4. The first kappa shape index (κ1) is 36.6. The maximum atomic E-state index is 13.5. The molecular formula is C29H35F3N6O8S. The van der Waals surface area contributed by atoms with Gasteiger partial charge in [-0.3, -0.25) is 9.63 Å². The molecule has 3 aromatic rings. The van der Waals surface area contributed by atoms with E-state index >= 15 is 0 Å². The topological polar surface area (TPSA) is 167 Å². The van der Waals surface area contributed by atoms with Crippen molar-refractivity contribution in [1.82, 2.24) is 19.5 Å². The monoisotopic (exact) mass is 684 g/mol. The summed E-state index contributed by atoms with van der Waals surface area (Å²) < 4.78 is 79.2. The minimum absolute atomic E-state index is 0.106. The molecule has 1 amide bonds. The van der Waals surface area contributed by atoms with Crippen molar-refractivity contribution in [2.45, 2.75) is 77.5 Å². The zero-order chi connectivity index (χ0) is 35.3. The molecule has 2 aromatic carbocycles. The first-order valence-corrected chi connectivity index (χ1v) is 15.5. The van der Waals surface area contributed by atoms with E-state index in [1.165, 1.54) is 32.9 Å². The molecule has 0 radical (unpaired) electrons. The van der Waals surface area contributed by atoms with E-state index in [-0.39, 0.29) is 21.2 Å². The fourth-order valence-electron chi connectivity index (χ4n) is 3.83. The highest BCUT2D eigenvalue weighted by molar-refractivity contribution is 7.90. The summed E-state index contributed by atoms with van der Waals surface area (Å²) in [6.45, 7) is 10.2. The molecule has 0 saturated carbocycles. The number of carbonyl (C=O) groups is 2. The Balaban J connectivity index is 1.74. The standard InChI is InChI=1S/C29H35F3N6O8S/c1-18(2)36(38(41)35-46-20(4)44-27(40)45-28(5,6)7)17-26(39)34-47(42,43)23-14-12-22(13-15-23)37-24(16-25(33-37)29(30,31)32)21-10-8-19(3)9-11-21/h8-16,18,20H,17H2,1-7H3,(H,34,39). The van der Waals surface area contributed by atoms with Crippen molar-refractivity contribution in [1.29, 1.82) is 0 Å². The summed E-state index contributed by atoms with van der Waals surface area (Å²) >= 11 is 0. The number of hydrogen-bond acceptors (Lipinski definition) is 10. The average Bonchev–Trinajstić information content (AvgIpc) is 3.40. The number of nitrogens with zero attached hydrogens (tertiary/aromatic N) is 5. The Kier molecular flexibility index (Phi) is 11.1. The van der Waals surface area contributed by atoms with Gasteiger partial charge in [0, 0.05) is 12.5 Å². The number of sulfonamides is 1. The number of hydrazine groups is 1. The minimum Gasteiger partial charge on any atom is -0.569 e. The lowest BCUT2D eigenvalue weighted by Crippen LogP contribution is -2.45. The second kappa shape index (κ2) is 14.3. The Hall–Kier alpha value is -4.87. The first-order chi connectivity index (χ1) is 21.7. The van der Waals surface area contributed by atoms with Crippen molar-refractivity contribution in [3.8, 4) is 16.9 Å². The van der Waals surface area contributed by atoms with Crippen molar-refractivity contribution in [2.75, 3.05) is 6.54 Å². The molecule has 256 valence electrons.